The Bertz CT molecular complexity index is 1870. The predicted molar refractivity (Wildman–Crippen MR) is 161 cm³/mol. The molecule has 0 radical (unpaired) electrons. The maximum atomic E-state index is 14.0. The maximum Gasteiger partial charge on any atom is 0.413 e. The number of nitrogens with one attached hydrogen (secondary N) is 4. The number of nitrogens with zero attached hydrogens (tertiary/aromatic N) is 5. The normalized spacial score (nSPS) is 16.5. The molecule has 0 bridgehead atoms. The molecule has 6 rings (SSSR count). The van der Waals surface area contributed by atoms with E-state index in [1.165, 1.54) is 12.4 Å². The van der Waals surface area contributed by atoms with Crippen molar-refractivity contribution in [2.75, 3.05) is 17.2 Å². The Morgan fingerprint density at radius 3 is 2.50 bits per heavy atom. The van der Waals surface area contributed by atoms with E-state index in [-0.39, 0.29) is 23.8 Å². The Morgan fingerprint density at radius 2 is 1.82 bits per heavy atom. The third kappa shape index (κ3) is 5.18. The number of rotatable bonds is 7. The summed E-state index contributed by atoms with van der Waals surface area (Å²) in [6.45, 7) is 6.76. The minimum absolute atomic E-state index is 0.0139. The van der Waals surface area contributed by atoms with Gasteiger partial charge in [0.1, 0.15) is 12.1 Å². The first-order valence-corrected chi connectivity index (χ1v) is 14.1. The number of halogens is 3. The number of hydrogen-bond donors (Lipinski definition) is 4. The molecule has 4 aromatic rings. The third-order valence-corrected chi connectivity index (χ3v) is 7.96. The van der Waals surface area contributed by atoms with Crippen LogP contribution in [-0.2, 0) is 0 Å². The molecule has 1 fully saturated rings. The molecule has 1 aliphatic heterocycles. The third-order valence-electron chi connectivity index (χ3n) is 7.96. The van der Waals surface area contributed by atoms with Crippen LogP contribution in [0.25, 0.3) is 21.7 Å². The van der Waals surface area contributed by atoms with Crippen LogP contribution in [0.4, 0.5) is 24.5 Å². The zero-order valence-corrected chi connectivity index (χ0v) is 24.3. The van der Waals surface area contributed by atoms with E-state index in [1.807, 2.05) is 30.3 Å². The number of alkyl halides is 3. The molecule has 0 unspecified atom stereocenters. The van der Waals surface area contributed by atoms with E-state index >= 15 is 0 Å². The van der Waals surface area contributed by atoms with Gasteiger partial charge in [-0.25, -0.2) is 0 Å². The number of fused-ring (bicyclic) bond motifs is 2. The molecule has 0 spiro atoms. The van der Waals surface area contributed by atoms with E-state index < -0.39 is 17.8 Å². The average molecular weight is 598 g/mol. The van der Waals surface area contributed by atoms with E-state index in [4.69, 9.17) is 0 Å². The summed E-state index contributed by atoms with van der Waals surface area (Å²) in [6.07, 6.45) is 1.86. The van der Waals surface area contributed by atoms with Crippen LogP contribution in [0.5, 0.6) is 0 Å². The summed E-state index contributed by atoms with van der Waals surface area (Å²) in [5.74, 6) is 0. The maximum absolute atomic E-state index is 14.0. The lowest BCUT2D eigenvalue weighted by Gasteiger charge is -2.28. The zero-order valence-electron chi connectivity index (χ0n) is 24.3. The molecule has 12 heteroatoms. The Balaban J connectivity index is 1.49. The molecule has 4 N–H and O–H groups in total. The summed E-state index contributed by atoms with van der Waals surface area (Å²) >= 11 is 0. The molecule has 0 amide bonds. The molecule has 9 nitrogen and oxygen atoms in total. The molecular weight excluding hydrogens is 567 g/mol. The Morgan fingerprint density at radius 1 is 1.05 bits per heavy atom. The van der Waals surface area contributed by atoms with E-state index in [2.05, 4.69) is 64.5 Å². The van der Waals surface area contributed by atoms with Gasteiger partial charge in [0.15, 0.2) is 5.54 Å². The molecule has 0 saturated heterocycles. The van der Waals surface area contributed by atoms with Crippen LogP contribution in [0.15, 0.2) is 66.9 Å². The molecule has 1 aliphatic carbocycles. The number of aromatic nitrogens is 2. The second kappa shape index (κ2) is 10.6. The van der Waals surface area contributed by atoms with Crippen molar-refractivity contribution in [1.82, 2.24) is 25.9 Å². The SMILES string of the molecule is CC(C)(C)CNc1c(C#N)cnc2c(C#N)cc(N[C@H](C3=CN(C4(C(F)(F)F)CC4)NN3)c3cccc4ccncc34)cc12. The fraction of sp³-hybridized carbons (Fsp3) is 0.312. The highest BCUT2D eigenvalue weighted by Crippen LogP contribution is 2.54. The van der Waals surface area contributed by atoms with Crippen molar-refractivity contribution in [2.24, 2.45) is 5.41 Å². The highest BCUT2D eigenvalue weighted by atomic mass is 19.4. The summed E-state index contributed by atoms with van der Waals surface area (Å²) in [4.78, 5) is 8.72. The minimum atomic E-state index is -4.41. The van der Waals surface area contributed by atoms with E-state index in [9.17, 15) is 23.7 Å². The van der Waals surface area contributed by atoms with Crippen LogP contribution in [0.3, 0.4) is 0 Å². The van der Waals surface area contributed by atoms with Crippen molar-refractivity contribution in [3.63, 3.8) is 0 Å². The van der Waals surface area contributed by atoms with Crippen molar-refractivity contribution in [1.29, 1.82) is 10.5 Å². The van der Waals surface area contributed by atoms with Gasteiger partial charge in [0.25, 0.3) is 0 Å². The molecule has 224 valence electrons. The highest BCUT2D eigenvalue weighted by molar-refractivity contribution is 5.99. The van der Waals surface area contributed by atoms with Gasteiger partial charge >= 0.3 is 6.18 Å². The number of anilines is 2. The smallest absolute Gasteiger partial charge is 0.383 e. The lowest BCUT2D eigenvalue weighted by molar-refractivity contribution is -0.195. The Kier molecular flexibility index (Phi) is 6.98. The van der Waals surface area contributed by atoms with Gasteiger partial charge in [0.05, 0.1) is 34.1 Å². The number of nitriles is 2. The first kappa shape index (κ1) is 29.0. The quantitative estimate of drug-likeness (QED) is 0.192. The first-order chi connectivity index (χ1) is 20.9. The monoisotopic (exact) mass is 597 g/mol. The second-order valence-electron chi connectivity index (χ2n) is 12.3. The lowest BCUT2D eigenvalue weighted by atomic mass is 9.96. The largest absolute Gasteiger partial charge is 0.413 e. The minimum Gasteiger partial charge on any atom is -0.383 e. The molecule has 44 heavy (non-hydrogen) atoms. The zero-order chi connectivity index (χ0) is 31.3. The number of hydrogen-bond acceptors (Lipinski definition) is 9. The molecule has 2 aromatic carbocycles. The van der Waals surface area contributed by atoms with Gasteiger partial charge in [-0.3, -0.25) is 15.0 Å². The van der Waals surface area contributed by atoms with Crippen molar-refractivity contribution in [3.05, 3.63) is 83.6 Å². The number of benzene rings is 2. The van der Waals surface area contributed by atoms with E-state index in [0.29, 0.717) is 40.1 Å². The van der Waals surface area contributed by atoms with Crippen molar-refractivity contribution in [2.45, 2.75) is 51.4 Å². The fourth-order valence-corrected chi connectivity index (χ4v) is 5.46. The first-order valence-electron chi connectivity index (χ1n) is 14.1. The summed E-state index contributed by atoms with van der Waals surface area (Å²) in [7, 11) is 0. The van der Waals surface area contributed by atoms with Gasteiger partial charge in [-0.15, -0.1) is 5.53 Å². The summed E-state index contributed by atoms with van der Waals surface area (Å²) in [5, 5.41) is 30.2. The lowest BCUT2D eigenvalue weighted by Crippen LogP contribution is -2.52. The van der Waals surface area contributed by atoms with Crippen LogP contribution in [-0.4, -0.2) is 33.2 Å². The average Bonchev–Trinajstić information content (AvgIpc) is 3.68. The van der Waals surface area contributed by atoms with E-state index in [0.717, 1.165) is 21.3 Å². The van der Waals surface area contributed by atoms with Crippen LogP contribution in [0.2, 0.25) is 0 Å². The number of hydrazine groups is 2. The second-order valence-corrected chi connectivity index (χ2v) is 12.3. The van der Waals surface area contributed by atoms with Crippen LogP contribution in [0, 0.1) is 28.1 Å². The molecular formula is C32H30F3N9. The number of pyridine rings is 2. The van der Waals surface area contributed by atoms with Gasteiger partial charge in [0.2, 0.25) is 0 Å². The van der Waals surface area contributed by atoms with E-state index in [1.54, 1.807) is 18.5 Å². The standard InChI is InChI=1S/C32H30F3N9/c1-30(2,3)18-40-28-21(14-37)15-39-27-20(13-36)11-22(12-24(27)28)41-29(23-6-4-5-19-7-10-38-16-25(19)23)26-17-44(43-42-26)31(8-9-31)32(33,34)35/h4-7,10-12,15-17,29,41-43H,8-9,18H2,1-3H3,(H,39,40)/t29-/m0/s1. The van der Waals surface area contributed by atoms with Gasteiger partial charge in [0, 0.05) is 47.8 Å². The Hall–Kier alpha value is -5.07. The fourth-order valence-electron chi connectivity index (χ4n) is 5.46. The summed E-state index contributed by atoms with van der Waals surface area (Å²) < 4.78 is 42.0. The highest BCUT2D eigenvalue weighted by Gasteiger charge is 2.67. The molecule has 3 heterocycles. The summed E-state index contributed by atoms with van der Waals surface area (Å²) in [6, 6.07) is 14.8. The van der Waals surface area contributed by atoms with Crippen molar-refractivity contribution in [3.8, 4) is 12.1 Å². The van der Waals surface area contributed by atoms with Crippen molar-refractivity contribution < 1.29 is 13.2 Å². The predicted octanol–water partition coefficient (Wildman–Crippen LogP) is 6.40. The van der Waals surface area contributed by atoms with Gasteiger partial charge in [-0.2, -0.15) is 23.7 Å². The van der Waals surface area contributed by atoms with Crippen molar-refractivity contribution >= 4 is 33.1 Å². The Labute approximate surface area is 252 Å². The molecule has 2 aliphatic rings. The van der Waals surface area contributed by atoms with Crippen LogP contribution >= 0.6 is 0 Å². The van der Waals surface area contributed by atoms with Gasteiger partial charge in [-0.1, -0.05) is 39.0 Å². The molecule has 1 saturated carbocycles. The molecule has 1 atom stereocenters. The van der Waals surface area contributed by atoms with Gasteiger partial charge in [-0.05, 0) is 47.4 Å². The summed E-state index contributed by atoms with van der Waals surface area (Å²) in [5.41, 5.74) is 6.96. The topological polar surface area (TPSA) is 125 Å². The van der Waals surface area contributed by atoms with Gasteiger partial charge < -0.3 is 16.1 Å². The van der Waals surface area contributed by atoms with Crippen LogP contribution in [0.1, 0.15) is 56.3 Å². The van der Waals surface area contributed by atoms with Crippen LogP contribution < -0.4 is 21.6 Å². The molecule has 2 aromatic heterocycles.